The van der Waals surface area contributed by atoms with Gasteiger partial charge in [0.2, 0.25) is 11.8 Å². The molecule has 3 N–H and O–H groups in total. The third-order valence-corrected chi connectivity index (χ3v) is 7.30. The predicted octanol–water partition coefficient (Wildman–Crippen LogP) is 3.26. The molecule has 3 aromatic heterocycles. The first-order chi connectivity index (χ1) is 16.4. The number of aryl methyl sites for hydroxylation is 1. The molecule has 4 aromatic rings. The number of carbonyl (C=O) groups excluding carboxylic acids is 2. The molecule has 0 bridgehead atoms. The summed E-state index contributed by atoms with van der Waals surface area (Å²) in [7, 11) is 0. The number of nitrogen functional groups attached to an aromatic ring is 1. The zero-order valence-corrected chi connectivity index (χ0v) is 20.0. The Labute approximate surface area is 203 Å². The molecule has 10 heteroatoms. The fourth-order valence-electron chi connectivity index (χ4n) is 5.26. The second kappa shape index (κ2) is 7.76. The second-order valence-corrected chi connectivity index (χ2v) is 9.78. The molecule has 2 amide bonds. The van der Waals surface area contributed by atoms with Crippen LogP contribution in [0, 0.1) is 12.8 Å². The maximum Gasteiger partial charge on any atom is 0.248 e. The van der Waals surface area contributed by atoms with Crippen molar-refractivity contribution < 1.29 is 9.59 Å². The number of nitrogens with one attached hydrogen (secondary N) is 1. The summed E-state index contributed by atoms with van der Waals surface area (Å²) in [6.45, 7) is 2.08. The van der Waals surface area contributed by atoms with Crippen LogP contribution in [0.25, 0.3) is 21.9 Å². The van der Waals surface area contributed by atoms with E-state index in [-0.39, 0.29) is 24.4 Å². The summed E-state index contributed by atoms with van der Waals surface area (Å²) in [5.41, 5.74) is 8.75. The number of likely N-dealkylation sites (tertiary alicyclic amines) is 1. The van der Waals surface area contributed by atoms with Gasteiger partial charge in [0.1, 0.15) is 40.8 Å². The van der Waals surface area contributed by atoms with E-state index in [4.69, 9.17) is 5.73 Å². The number of pyridine rings is 1. The Morgan fingerprint density at radius 2 is 1.97 bits per heavy atom. The largest absolute Gasteiger partial charge is 0.383 e. The van der Waals surface area contributed by atoms with Crippen molar-refractivity contribution in [2.24, 2.45) is 5.92 Å². The maximum absolute atomic E-state index is 13.7. The number of rotatable bonds is 4. The van der Waals surface area contributed by atoms with E-state index in [2.05, 4.69) is 36.2 Å². The molecule has 1 aliphatic carbocycles. The van der Waals surface area contributed by atoms with Gasteiger partial charge in [-0.05, 0) is 65.4 Å². The first-order valence-electron chi connectivity index (χ1n) is 11.1. The maximum atomic E-state index is 13.7. The van der Waals surface area contributed by atoms with Crippen LogP contribution in [-0.4, -0.2) is 48.3 Å². The lowest BCUT2D eigenvalue weighted by Crippen LogP contribution is -2.46. The minimum absolute atomic E-state index is 0.0715. The summed E-state index contributed by atoms with van der Waals surface area (Å²) in [6.07, 6.45) is 3.02. The van der Waals surface area contributed by atoms with Crippen LogP contribution < -0.4 is 11.1 Å². The van der Waals surface area contributed by atoms with Gasteiger partial charge in [-0.25, -0.2) is 15.0 Å². The smallest absolute Gasteiger partial charge is 0.248 e. The molecule has 0 spiro atoms. The summed E-state index contributed by atoms with van der Waals surface area (Å²) < 4.78 is 2.52. The number of anilines is 2. The molecule has 2 fully saturated rings. The van der Waals surface area contributed by atoms with E-state index in [1.807, 2.05) is 29.7 Å². The molecule has 1 saturated heterocycles. The first-order valence-corrected chi connectivity index (χ1v) is 11.9. The fraction of sp³-hybridized carbons (Fsp3) is 0.292. The number of hydrogen-bond acceptors (Lipinski definition) is 6. The van der Waals surface area contributed by atoms with Gasteiger partial charge in [-0.2, -0.15) is 0 Å². The van der Waals surface area contributed by atoms with Gasteiger partial charge in [-0.15, -0.1) is 0 Å². The molecule has 6 rings (SSSR count). The summed E-state index contributed by atoms with van der Waals surface area (Å²) in [6, 6.07) is 10.8. The number of nitrogens with two attached hydrogens (primary N) is 1. The molecule has 0 radical (unpaired) electrons. The van der Waals surface area contributed by atoms with Crippen LogP contribution in [0.5, 0.6) is 0 Å². The van der Waals surface area contributed by atoms with Crippen LogP contribution in [-0.2, 0) is 16.1 Å². The van der Waals surface area contributed by atoms with E-state index >= 15 is 0 Å². The van der Waals surface area contributed by atoms with Crippen LogP contribution in [0.15, 0.2) is 47.3 Å². The highest BCUT2D eigenvalue weighted by Gasteiger charge is 2.56. The minimum Gasteiger partial charge on any atom is -0.383 e. The van der Waals surface area contributed by atoms with E-state index in [0.717, 1.165) is 28.3 Å². The summed E-state index contributed by atoms with van der Waals surface area (Å²) in [5.74, 6) is 0.893. The van der Waals surface area contributed by atoms with E-state index in [9.17, 15) is 9.59 Å². The van der Waals surface area contributed by atoms with Gasteiger partial charge in [-0.3, -0.25) is 9.59 Å². The molecule has 172 valence electrons. The number of amides is 2. The third kappa shape index (κ3) is 3.32. The average Bonchev–Trinajstić information content (AvgIpc) is 3.34. The monoisotopic (exact) mass is 519 g/mol. The number of benzene rings is 1. The van der Waals surface area contributed by atoms with Crippen LogP contribution in [0.4, 0.5) is 11.6 Å². The van der Waals surface area contributed by atoms with Gasteiger partial charge >= 0.3 is 0 Å². The van der Waals surface area contributed by atoms with Crippen molar-refractivity contribution in [3.63, 3.8) is 0 Å². The van der Waals surface area contributed by atoms with Crippen molar-refractivity contribution in [2.75, 3.05) is 11.1 Å². The zero-order chi connectivity index (χ0) is 23.6. The first kappa shape index (κ1) is 21.0. The molecule has 1 unspecified atom stereocenters. The highest BCUT2D eigenvalue weighted by molar-refractivity contribution is 9.10. The van der Waals surface area contributed by atoms with E-state index in [1.165, 1.54) is 6.33 Å². The minimum atomic E-state index is -0.522. The predicted molar refractivity (Wildman–Crippen MR) is 132 cm³/mol. The number of halogens is 1. The van der Waals surface area contributed by atoms with Gasteiger partial charge in [0.05, 0.1) is 10.9 Å². The lowest BCUT2D eigenvalue weighted by molar-refractivity contribution is -0.138. The molecule has 3 atom stereocenters. The van der Waals surface area contributed by atoms with Crippen LogP contribution in [0.2, 0.25) is 0 Å². The van der Waals surface area contributed by atoms with Crippen molar-refractivity contribution >= 4 is 61.3 Å². The number of carbonyl (C=O) groups is 2. The summed E-state index contributed by atoms with van der Waals surface area (Å²) >= 11 is 3.32. The normalized spacial score (nSPS) is 21.1. The van der Waals surface area contributed by atoms with Crippen molar-refractivity contribution in [2.45, 2.75) is 38.4 Å². The van der Waals surface area contributed by atoms with Crippen molar-refractivity contribution in [3.8, 4) is 0 Å². The van der Waals surface area contributed by atoms with Gasteiger partial charge in [-0.1, -0.05) is 18.2 Å². The number of aromatic nitrogens is 4. The molecule has 2 aliphatic rings. The van der Waals surface area contributed by atoms with Gasteiger partial charge in [0.25, 0.3) is 0 Å². The number of hydrogen-bond donors (Lipinski definition) is 2. The summed E-state index contributed by atoms with van der Waals surface area (Å²) in [5, 5.41) is 4.57. The molecule has 4 heterocycles. The quantitative estimate of drug-likeness (QED) is 0.399. The molecule has 34 heavy (non-hydrogen) atoms. The molecular weight excluding hydrogens is 498 g/mol. The Morgan fingerprint density at radius 3 is 2.79 bits per heavy atom. The van der Waals surface area contributed by atoms with Crippen molar-refractivity contribution in [1.82, 2.24) is 24.4 Å². The Hall–Kier alpha value is -3.53. The van der Waals surface area contributed by atoms with Crippen molar-refractivity contribution in [1.29, 1.82) is 0 Å². The number of piperidine rings is 1. The number of nitrogens with zero attached hydrogens (tertiary/aromatic N) is 5. The van der Waals surface area contributed by atoms with Gasteiger partial charge in [0.15, 0.2) is 0 Å². The Balaban J connectivity index is 1.33. The Bertz CT molecular complexity index is 1420. The fourth-order valence-corrected chi connectivity index (χ4v) is 5.61. The second-order valence-electron chi connectivity index (χ2n) is 8.96. The molecule has 9 nitrogen and oxygen atoms in total. The molecule has 1 aromatic carbocycles. The molecule has 1 aliphatic heterocycles. The highest BCUT2D eigenvalue weighted by atomic mass is 79.9. The van der Waals surface area contributed by atoms with Crippen LogP contribution in [0.3, 0.4) is 0 Å². The van der Waals surface area contributed by atoms with Crippen molar-refractivity contribution in [3.05, 3.63) is 52.9 Å². The zero-order valence-electron chi connectivity index (χ0n) is 18.4. The average molecular weight is 520 g/mol. The van der Waals surface area contributed by atoms with Gasteiger partial charge < -0.3 is 20.5 Å². The lowest BCUT2D eigenvalue weighted by Gasteiger charge is -2.27. The SMILES string of the molecule is Cc1cccc2c1c1c(N)ncnc1n2CC(=O)N1C2C[C@@H]2C[C@H]1C(=O)Nc1cccc(Br)n1. The molecular formula is C24H22BrN7O2. The van der Waals surface area contributed by atoms with E-state index in [0.29, 0.717) is 34.2 Å². The van der Waals surface area contributed by atoms with Crippen LogP contribution in [0.1, 0.15) is 18.4 Å². The summed E-state index contributed by atoms with van der Waals surface area (Å²) in [4.78, 5) is 41.4. The third-order valence-electron chi connectivity index (χ3n) is 6.86. The van der Waals surface area contributed by atoms with E-state index < -0.39 is 6.04 Å². The Kier molecular flexibility index (Phi) is 4.80. The lowest BCUT2D eigenvalue weighted by atomic mass is 10.1. The standard InChI is InChI=1S/C24H22BrN7O2/c1-12-4-2-5-14-20(12)21-22(26)27-11-28-23(21)31(14)10-19(33)32-15-8-13(15)9-16(32)24(34)30-18-7-3-6-17(25)29-18/h2-7,11,13,15-16H,8-10H2,1H3,(H2,26,27,28)(H,29,30,34)/t13-,15?,16+/m1/s1. The topological polar surface area (TPSA) is 119 Å². The highest BCUT2D eigenvalue weighted by Crippen LogP contribution is 2.48. The van der Waals surface area contributed by atoms with E-state index in [1.54, 1.807) is 23.1 Å². The molecule has 1 saturated carbocycles. The Morgan fingerprint density at radius 1 is 1.15 bits per heavy atom. The van der Waals surface area contributed by atoms with Crippen LogP contribution >= 0.6 is 15.9 Å². The van der Waals surface area contributed by atoms with Gasteiger partial charge in [0, 0.05) is 11.4 Å². The number of fused-ring (bicyclic) bond motifs is 4.